The number of ether oxygens (including phenoxy) is 1. The molecule has 2 N–H and O–H groups in total. The molecular weight excluding hydrogens is 276 g/mol. The third-order valence-electron chi connectivity index (χ3n) is 6.99. The van der Waals surface area contributed by atoms with Crippen LogP contribution in [0.3, 0.4) is 0 Å². The Kier molecular flexibility index (Phi) is 3.19. The van der Waals surface area contributed by atoms with Crippen LogP contribution < -0.4 is 4.74 Å². The summed E-state index contributed by atoms with van der Waals surface area (Å²) in [6.45, 7) is 2.30. The second-order valence-corrected chi connectivity index (χ2v) is 7.74. The molecule has 0 saturated heterocycles. The molecule has 1 aromatic rings. The lowest BCUT2D eigenvalue weighted by Gasteiger charge is -2.50. The largest absolute Gasteiger partial charge is 0.504 e. The Hall–Kier alpha value is -1.22. The number of phenolic OH excluding ortho intramolecular Hbond substituents is 1. The fourth-order valence-electron chi connectivity index (χ4n) is 5.82. The Labute approximate surface area is 132 Å². The first-order chi connectivity index (χ1) is 10.6. The van der Waals surface area contributed by atoms with Crippen LogP contribution in [0.25, 0.3) is 0 Å². The second-order valence-electron chi connectivity index (χ2n) is 7.74. The van der Waals surface area contributed by atoms with Gasteiger partial charge in [-0.1, -0.05) is 13.0 Å². The summed E-state index contributed by atoms with van der Waals surface area (Å²) >= 11 is 0. The predicted molar refractivity (Wildman–Crippen MR) is 85.3 cm³/mol. The molecule has 0 amide bonds. The quantitative estimate of drug-likeness (QED) is 0.833. The van der Waals surface area contributed by atoms with Crippen LogP contribution in [0.1, 0.15) is 56.1 Å². The number of hydrogen-bond acceptors (Lipinski definition) is 3. The van der Waals surface area contributed by atoms with Crippen molar-refractivity contribution in [2.45, 2.75) is 57.5 Å². The van der Waals surface area contributed by atoms with Crippen molar-refractivity contribution in [1.82, 2.24) is 0 Å². The summed E-state index contributed by atoms with van der Waals surface area (Å²) in [6, 6.07) is 3.90. The van der Waals surface area contributed by atoms with Crippen LogP contribution in [0.15, 0.2) is 12.1 Å². The SMILES string of the molecule is COc1c(O)ccc2c1CCC1C2CCC2(C)C(O)CCC12. The van der Waals surface area contributed by atoms with Crippen molar-refractivity contribution >= 4 is 0 Å². The molecule has 3 heteroatoms. The van der Waals surface area contributed by atoms with Crippen LogP contribution in [0, 0.1) is 17.3 Å². The van der Waals surface area contributed by atoms with E-state index in [0.29, 0.717) is 23.5 Å². The maximum Gasteiger partial charge on any atom is 0.163 e. The van der Waals surface area contributed by atoms with E-state index in [1.807, 2.05) is 0 Å². The summed E-state index contributed by atoms with van der Waals surface area (Å²) in [6.07, 6.45) is 6.42. The number of aromatic hydroxyl groups is 1. The molecule has 4 rings (SSSR count). The van der Waals surface area contributed by atoms with Gasteiger partial charge in [-0.15, -0.1) is 0 Å². The van der Waals surface area contributed by atoms with E-state index < -0.39 is 0 Å². The summed E-state index contributed by atoms with van der Waals surface area (Å²) < 4.78 is 5.46. The summed E-state index contributed by atoms with van der Waals surface area (Å²) in [4.78, 5) is 0. The van der Waals surface area contributed by atoms with Gasteiger partial charge in [0, 0.05) is 5.56 Å². The molecule has 120 valence electrons. The Morgan fingerprint density at radius 1 is 1.18 bits per heavy atom. The van der Waals surface area contributed by atoms with Crippen LogP contribution in [-0.4, -0.2) is 23.4 Å². The number of rotatable bonds is 1. The molecule has 2 saturated carbocycles. The molecule has 0 aromatic heterocycles. The molecule has 22 heavy (non-hydrogen) atoms. The first-order valence-electron chi connectivity index (χ1n) is 8.63. The molecule has 0 bridgehead atoms. The Morgan fingerprint density at radius 3 is 2.77 bits per heavy atom. The highest BCUT2D eigenvalue weighted by atomic mass is 16.5. The minimum Gasteiger partial charge on any atom is -0.504 e. The maximum atomic E-state index is 10.4. The Balaban J connectivity index is 1.74. The number of aliphatic hydroxyl groups is 1. The van der Waals surface area contributed by atoms with E-state index >= 15 is 0 Å². The van der Waals surface area contributed by atoms with Gasteiger partial charge in [-0.25, -0.2) is 0 Å². The van der Waals surface area contributed by atoms with E-state index in [2.05, 4.69) is 13.0 Å². The highest BCUT2D eigenvalue weighted by molar-refractivity contribution is 5.52. The number of hydrogen-bond donors (Lipinski definition) is 2. The van der Waals surface area contributed by atoms with Gasteiger partial charge in [0.2, 0.25) is 0 Å². The van der Waals surface area contributed by atoms with Gasteiger partial charge in [-0.3, -0.25) is 0 Å². The van der Waals surface area contributed by atoms with E-state index in [9.17, 15) is 10.2 Å². The summed E-state index contributed by atoms with van der Waals surface area (Å²) in [7, 11) is 1.65. The first kappa shape index (κ1) is 14.4. The second kappa shape index (κ2) is 4.89. The molecule has 0 aliphatic heterocycles. The summed E-state index contributed by atoms with van der Waals surface area (Å²) in [5.74, 6) is 2.83. The lowest BCUT2D eigenvalue weighted by Crippen LogP contribution is -2.43. The highest BCUT2D eigenvalue weighted by Crippen LogP contribution is 2.61. The van der Waals surface area contributed by atoms with Crippen molar-refractivity contribution in [1.29, 1.82) is 0 Å². The third-order valence-corrected chi connectivity index (χ3v) is 6.99. The summed E-state index contributed by atoms with van der Waals surface area (Å²) in [5.41, 5.74) is 2.72. The maximum absolute atomic E-state index is 10.4. The smallest absolute Gasteiger partial charge is 0.163 e. The summed E-state index contributed by atoms with van der Waals surface area (Å²) in [5, 5.41) is 20.5. The number of fused-ring (bicyclic) bond motifs is 5. The molecular formula is C19H26O3. The Morgan fingerprint density at radius 2 is 2.00 bits per heavy atom. The standard InChI is InChI=1S/C19H26O3/c1-19-10-9-12-11-5-7-16(20)18(22-2)14(11)4-3-13(12)15(19)6-8-17(19)21/h5,7,12-13,15,17,20-21H,3-4,6,8-10H2,1-2H3. The van der Waals surface area contributed by atoms with Crippen molar-refractivity contribution in [3.05, 3.63) is 23.3 Å². The van der Waals surface area contributed by atoms with Gasteiger partial charge >= 0.3 is 0 Å². The van der Waals surface area contributed by atoms with Gasteiger partial charge in [-0.2, -0.15) is 0 Å². The van der Waals surface area contributed by atoms with Gasteiger partial charge in [0.25, 0.3) is 0 Å². The van der Waals surface area contributed by atoms with Crippen molar-refractivity contribution < 1.29 is 14.9 Å². The van der Waals surface area contributed by atoms with Crippen molar-refractivity contribution in [2.75, 3.05) is 7.11 Å². The monoisotopic (exact) mass is 302 g/mol. The molecule has 1 aromatic carbocycles. The number of phenols is 1. The number of aliphatic hydroxyl groups excluding tert-OH is 1. The van der Waals surface area contributed by atoms with E-state index in [1.54, 1.807) is 13.2 Å². The van der Waals surface area contributed by atoms with Crippen LogP contribution in [0.5, 0.6) is 11.5 Å². The zero-order valence-corrected chi connectivity index (χ0v) is 13.5. The zero-order chi connectivity index (χ0) is 15.5. The van der Waals surface area contributed by atoms with E-state index in [4.69, 9.17) is 4.74 Å². The lowest BCUT2D eigenvalue weighted by molar-refractivity contribution is -0.0227. The number of benzene rings is 1. The van der Waals surface area contributed by atoms with Crippen molar-refractivity contribution in [2.24, 2.45) is 17.3 Å². The number of methoxy groups -OCH3 is 1. The van der Waals surface area contributed by atoms with Crippen LogP contribution in [0.4, 0.5) is 0 Å². The molecule has 5 unspecified atom stereocenters. The zero-order valence-electron chi connectivity index (χ0n) is 13.5. The third kappa shape index (κ3) is 1.78. The minimum atomic E-state index is -0.116. The molecule has 3 nitrogen and oxygen atoms in total. The molecule has 3 aliphatic carbocycles. The molecule has 3 aliphatic rings. The van der Waals surface area contributed by atoms with Gasteiger partial charge in [0.1, 0.15) is 0 Å². The molecule has 0 spiro atoms. The van der Waals surface area contributed by atoms with E-state index in [1.165, 1.54) is 17.5 Å². The van der Waals surface area contributed by atoms with Crippen molar-refractivity contribution in [3.8, 4) is 11.5 Å². The first-order valence-corrected chi connectivity index (χ1v) is 8.63. The normalized spacial score (nSPS) is 39.8. The Bertz CT molecular complexity index is 597. The fourth-order valence-corrected chi connectivity index (χ4v) is 5.82. The molecule has 0 radical (unpaired) electrons. The van der Waals surface area contributed by atoms with Crippen LogP contribution in [0.2, 0.25) is 0 Å². The topological polar surface area (TPSA) is 49.7 Å². The lowest BCUT2D eigenvalue weighted by atomic mass is 9.55. The molecule has 0 heterocycles. The molecule has 2 fully saturated rings. The van der Waals surface area contributed by atoms with Gasteiger partial charge in [-0.05, 0) is 73.3 Å². The minimum absolute atomic E-state index is 0.116. The van der Waals surface area contributed by atoms with Crippen LogP contribution in [-0.2, 0) is 6.42 Å². The van der Waals surface area contributed by atoms with E-state index in [-0.39, 0.29) is 17.3 Å². The fraction of sp³-hybridized carbons (Fsp3) is 0.684. The highest BCUT2D eigenvalue weighted by Gasteiger charge is 2.54. The van der Waals surface area contributed by atoms with Gasteiger partial charge < -0.3 is 14.9 Å². The van der Waals surface area contributed by atoms with Crippen LogP contribution >= 0.6 is 0 Å². The van der Waals surface area contributed by atoms with Crippen molar-refractivity contribution in [3.63, 3.8) is 0 Å². The van der Waals surface area contributed by atoms with Gasteiger partial charge in [0.05, 0.1) is 13.2 Å². The average molecular weight is 302 g/mol. The molecule has 5 atom stereocenters. The predicted octanol–water partition coefficient (Wildman–Crippen LogP) is 3.62. The average Bonchev–Trinajstić information content (AvgIpc) is 2.82. The van der Waals surface area contributed by atoms with E-state index in [0.717, 1.165) is 32.1 Å². The van der Waals surface area contributed by atoms with Gasteiger partial charge in [0.15, 0.2) is 11.5 Å².